The first-order valence-electron chi connectivity index (χ1n) is 8.09. The van der Waals surface area contributed by atoms with Crippen molar-refractivity contribution in [3.05, 3.63) is 64.7 Å². The van der Waals surface area contributed by atoms with Crippen molar-refractivity contribution in [2.45, 2.75) is 17.1 Å². The lowest BCUT2D eigenvalue weighted by Gasteiger charge is -2.08. The highest BCUT2D eigenvalue weighted by atomic mass is 35.5. The average Bonchev–Trinajstić information content (AvgIpc) is 2.58. The summed E-state index contributed by atoms with van der Waals surface area (Å²) in [6.45, 7) is 1.78. The molecule has 0 fully saturated rings. The minimum Gasteiger partial charge on any atom is -0.352 e. The van der Waals surface area contributed by atoms with E-state index < -0.39 is 0 Å². The number of halogens is 1. The first-order valence-corrected chi connectivity index (χ1v) is 9.45. The Labute approximate surface area is 153 Å². The third-order valence-electron chi connectivity index (χ3n) is 3.57. The van der Waals surface area contributed by atoms with Crippen LogP contribution in [0.15, 0.2) is 53.4 Å². The molecule has 2 aromatic carbocycles. The summed E-state index contributed by atoms with van der Waals surface area (Å²) in [6.07, 6.45) is 0.990. The molecule has 0 aromatic heterocycles. The van der Waals surface area contributed by atoms with E-state index in [2.05, 4.69) is 19.4 Å². The molecular weight excluding hydrogens is 340 g/mol. The van der Waals surface area contributed by atoms with E-state index in [1.165, 1.54) is 15.4 Å². The van der Waals surface area contributed by atoms with Crippen molar-refractivity contribution in [1.29, 1.82) is 0 Å². The van der Waals surface area contributed by atoms with Gasteiger partial charge in [-0.1, -0.05) is 23.7 Å². The van der Waals surface area contributed by atoms with Gasteiger partial charge in [0.25, 0.3) is 5.91 Å². The molecule has 128 valence electrons. The Morgan fingerprint density at radius 2 is 1.75 bits per heavy atom. The smallest absolute Gasteiger partial charge is 0.251 e. The van der Waals surface area contributed by atoms with Crippen LogP contribution in [0.2, 0.25) is 5.02 Å². The van der Waals surface area contributed by atoms with Crippen molar-refractivity contribution in [2.75, 3.05) is 27.2 Å². The Morgan fingerprint density at radius 3 is 2.38 bits per heavy atom. The third kappa shape index (κ3) is 6.56. The molecule has 1 amide bonds. The van der Waals surface area contributed by atoms with Gasteiger partial charge in [-0.15, -0.1) is 11.8 Å². The van der Waals surface area contributed by atoms with Gasteiger partial charge in [-0.2, -0.15) is 0 Å². The summed E-state index contributed by atoms with van der Waals surface area (Å²) < 4.78 is 0. The lowest BCUT2D eigenvalue weighted by molar-refractivity contribution is -0.858. The van der Waals surface area contributed by atoms with Gasteiger partial charge in [0, 0.05) is 34.2 Å². The highest BCUT2D eigenvalue weighted by Crippen LogP contribution is 2.24. The van der Waals surface area contributed by atoms with Crippen LogP contribution in [0.3, 0.4) is 0 Å². The molecule has 2 N–H and O–H groups in total. The van der Waals surface area contributed by atoms with Crippen LogP contribution in [0.5, 0.6) is 0 Å². The second-order valence-electron chi connectivity index (χ2n) is 6.01. The monoisotopic (exact) mass is 363 g/mol. The number of amides is 1. The fraction of sp³-hybridized carbons (Fsp3) is 0.316. The van der Waals surface area contributed by atoms with Gasteiger partial charge in [0.2, 0.25) is 0 Å². The predicted octanol–water partition coefficient (Wildman–Crippen LogP) is 2.90. The molecule has 0 aliphatic carbocycles. The summed E-state index contributed by atoms with van der Waals surface area (Å²) in [7, 11) is 4.23. The van der Waals surface area contributed by atoms with Gasteiger partial charge in [-0.25, -0.2) is 0 Å². The van der Waals surface area contributed by atoms with Crippen LogP contribution in [-0.2, 0) is 5.75 Å². The predicted molar refractivity (Wildman–Crippen MR) is 102 cm³/mol. The number of nitrogens with one attached hydrogen (secondary N) is 2. The zero-order chi connectivity index (χ0) is 17.4. The van der Waals surface area contributed by atoms with Crippen molar-refractivity contribution < 1.29 is 9.69 Å². The maximum absolute atomic E-state index is 12.1. The molecule has 0 radical (unpaired) electrons. The Bertz CT molecular complexity index is 641. The summed E-state index contributed by atoms with van der Waals surface area (Å²) >= 11 is 7.64. The summed E-state index contributed by atoms with van der Waals surface area (Å²) in [5, 5.41) is 3.72. The second kappa shape index (κ2) is 9.72. The Balaban J connectivity index is 1.79. The zero-order valence-electron chi connectivity index (χ0n) is 14.1. The topological polar surface area (TPSA) is 33.5 Å². The molecule has 24 heavy (non-hydrogen) atoms. The number of hydrogen-bond donors (Lipinski definition) is 2. The van der Waals surface area contributed by atoms with Crippen molar-refractivity contribution in [1.82, 2.24) is 5.32 Å². The molecular formula is C19H24ClN2OS+. The summed E-state index contributed by atoms with van der Waals surface area (Å²) in [5.41, 5.74) is 1.91. The molecule has 0 aliphatic rings. The normalized spacial score (nSPS) is 10.8. The fourth-order valence-corrected chi connectivity index (χ4v) is 3.18. The first-order chi connectivity index (χ1) is 11.5. The maximum atomic E-state index is 12.1. The van der Waals surface area contributed by atoms with Gasteiger partial charge in [0.05, 0.1) is 20.6 Å². The van der Waals surface area contributed by atoms with Gasteiger partial charge in [0.15, 0.2) is 0 Å². The molecule has 0 spiro atoms. The Hall–Kier alpha value is -1.49. The number of hydrogen-bond acceptors (Lipinski definition) is 2. The summed E-state index contributed by atoms with van der Waals surface area (Å²) in [4.78, 5) is 14.7. The average molecular weight is 364 g/mol. The van der Waals surface area contributed by atoms with Crippen molar-refractivity contribution >= 4 is 29.3 Å². The molecule has 0 heterocycles. The number of thioether (sulfide) groups is 1. The minimum atomic E-state index is 0.000612. The number of rotatable bonds is 8. The molecule has 2 rings (SSSR count). The van der Waals surface area contributed by atoms with Crippen LogP contribution in [0.1, 0.15) is 22.3 Å². The van der Waals surface area contributed by atoms with E-state index in [0.717, 1.165) is 30.3 Å². The van der Waals surface area contributed by atoms with Crippen LogP contribution in [-0.4, -0.2) is 33.1 Å². The molecule has 5 heteroatoms. The largest absolute Gasteiger partial charge is 0.352 e. The van der Waals surface area contributed by atoms with E-state index in [1.807, 2.05) is 48.5 Å². The van der Waals surface area contributed by atoms with E-state index in [0.29, 0.717) is 5.56 Å². The number of carbonyl (C=O) groups excluding carboxylic acids is 1. The molecule has 0 unspecified atom stereocenters. The second-order valence-corrected chi connectivity index (χ2v) is 7.49. The van der Waals surface area contributed by atoms with E-state index in [9.17, 15) is 4.79 Å². The Morgan fingerprint density at radius 1 is 1.08 bits per heavy atom. The van der Waals surface area contributed by atoms with Gasteiger partial charge in [-0.3, -0.25) is 4.79 Å². The standard InChI is InChI=1S/C19H23ClN2OS/c1-22(2)13-3-12-21-19(23)16-6-4-15(5-7-16)14-24-18-10-8-17(20)9-11-18/h4-11H,3,12-14H2,1-2H3,(H,21,23)/p+1. The van der Waals surface area contributed by atoms with E-state index in [-0.39, 0.29) is 5.91 Å². The highest BCUT2D eigenvalue weighted by Gasteiger charge is 2.05. The zero-order valence-corrected chi connectivity index (χ0v) is 15.7. The van der Waals surface area contributed by atoms with Crippen LogP contribution in [0.25, 0.3) is 0 Å². The van der Waals surface area contributed by atoms with Gasteiger partial charge < -0.3 is 10.2 Å². The summed E-state index contributed by atoms with van der Waals surface area (Å²) in [5.74, 6) is 0.871. The molecule has 2 aromatic rings. The Kier molecular flexibility index (Phi) is 7.63. The SMILES string of the molecule is C[NH+](C)CCCNC(=O)c1ccc(CSc2ccc(Cl)cc2)cc1. The number of carbonyl (C=O) groups is 1. The minimum absolute atomic E-state index is 0.000612. The van der Waals surface area contributed by atoms with Crippen LogP contribution < -0.4 is 10.2 Å². The van der Waals surface area contributed by atoms with E-state index in [4.69, 9.17) is 11.6 Å². The number of benzene rings is 2. The fourth-order valence-electron chi connectivity index (χ4n) is 2.20. The highest BCUT2D eigenvalue weighted by molar-refractivity contribution is 7.98. The van der Waals surface area contributed by atoms with E-state index in [1.54, 1.807) is 11.8 Å². The van der Waals surface area contributed by atoms with Crippen molar-refractivity contribution in [3.63, 3.8) is 0 Å². The first kappa shape index (κ1) is 18.8. The van der Waals surface area contributed by atoms with Crippen molar-refractivity contribution in [2.24, 2.45) is 0 Å². The lowest BCUT2D eigenvalue weighted by Crippen LogP contribution is -3.05. The third-order valence-corrected chi connectivity index (χ3v) is 4.91. The van der Waals surface area contributed by atoms with E-state index >= 15 is 0 Å². The van der Waals surface area contributed by atoms with Crippen molar-refractivity contribution in [3.8, 4) is 0 Å². The number of quaternary nitrogens is 1. The summed E-state index contributed by atoms with van der Waals surface area (Å²) in [6, 6.07) is 15.6. The molecule has 0 bridgehead atoms. The quantitative estimate of drug-likeness (QED) is 0.558. The molecule has 0 atom stereocenters. The molecule has 0 saturated heterocycles. The molecule has 0 saturated carbocycles. The van der Waals surface area contributed by atoms with Crippen LogP contribution in [0.4, 0.5) is 0 Å². The molecule has 3 nitrogen and oxygen atoms in total. The molecule has 0 aliphatic heterocycles. The van der Waals surface area contributed by atoms with Gasteiger partial charge in [0.1, 0.15) is 0 Å². The van der Waals surface area contributed by atoms with Crippen LogP contribution in [0, 0.1) is 0 Å². The van der Waals surface area contributed by atoms with Gasteiger partial charge >= 0.3 is 0 Å². The lowest BCUT2D eigenvalue weighted by atomic mass is 10.1. The maximum Gasteiger partial charge on any atom is 0.251 e. The van der Waals surface area contributed by atoms with Crippen LogP contribution >= 0.6 is 23.4 Å². The van der Waals surface area contributed by atoms with Gasteiger partial charge in [-0.05, 0) is 42.0 Å².